The number of alkyl halides is 3. The molecule has 0 saturated heterocycles. The normalized spacial score (nSPS) is 23.4. The van der Waals surface area contributed by atoms with Crippen LogP contribution in [0.3, 0.4) is 0 Å². The molecule has 2 rings (SSSR count). The van der Waals surface area contributed by atoms with Crippen LogP contribution in [-0.4, -0.2) is 17.1 Å². The number of nitrogen functional groups attached to an aromatic ring is 1. The van der Waals surface area contributed by atoms with Gasteiger partial charge in [-0.1, -0.05) is 6.42 Å². The molecule has 1 heterocycles. The minimum Gasteiger partial charge on any atom is -0.397 e. The van der Waals surface area contributed by atoms with Crippen LogP contribution in [0, 0.1) is 11.8 Å². The van der Waals surface area contributed by atoms with E-state index in [4.69, 9.17) is 5.73 Å². The summed E-state index contributed by atoms with van der Waals surface area (Å²) in [5, 5.41) is 2.54. The molecule has 1 aromatic heterocycles. The number of nitrogens with zero attached hydrogens (tertiary/aromatic N) is 1. The van der Waals surface area contributed by atoms with Crippen molar-refractivity contribution in [2.75, 3.05) is 11.1 Å². The summed E-state index contributed by atoms with van der Waals surface area (Å²) in [5.74, 6) is -2.10. The van der Waals surface area contributed by atoms with Crippen molar-refractivity contribution in [2.24, 2.45) is 11.8 Å². The Labute approximate surface area is 114 Å². The molecule has 1 saturated carbocycles. The second kappa shape index (κ2) is 5.68. The molecule has 7 heteroatoms. The predicted octanol–water partition coefficient (Wildman–Crippen LogP) is 2.97. The van der Waals surface area contributed by atoms with Crippen LogP contribution in [0.5, 0.6) is 0 Å². The van der Waals surface area contributed by atoms with Crippen molar-refractivity contribution in [1.82, 2.24) is 4.98 Å². The zero-order valence-corrected chi connectivity index (χ0v) is 10.8. The number of amides is 1. The maximum absolute atomic E-state index is 12.7. The molecule has 2 unspecified atom stereocenters. The number of hydrogen-bond donors (Lipinski definition) is 2. The third-order valence-corrected chi connectivity index (χ3v) is 3.55. The van der Waals surface area contributed by atoms with Gasteiger partial charge in [0.05, 0.1) is 17.8 Å². The number of nitrogens with two attached hydrogens (primary N) is 1. The van der Waals surface area contributed by atoms with E-state index < -0.39 is 23.9 Å². The molecular formula is C13H16F3N3O. The van der Waals surface area contributed by atoms with E-state index in [1.165, 1.54) is 12.3 Å². The molecule has 0 radical (unpaired) electrons. The van der Waals surface area contributed by atoms with E-state index in [9.17, 15) is 18.0 Å². The Morgan fingerprint density at radius 3 is 2.70 bits per heavy atom. The van der Waals surface area contributed by atoms with Crippen molar-refractivity contribution >= 4 is 17.4 Å². The lowest BCUT2D eigenvalue weighted by Gasteiger charge is -2.29. The van der Waals surface area contributed by atoms with E-state index in [1.54, 1.807) is 6.07 Å². The monoisotopic (exact) mass is 287 g/mol. The summed E-state index contributed by atoms with van der Waals surface area (Å²) in [7, 11) is 0. The predicted molar refractivity (Wildman–Crippen MR) is 68.8 cm³/mol. The molecule has 110 valence electrons. The van der Waals surface area contributed by atoms with Crippen LogP contribution in [0.15, 0.2) is 18.3 Å². The summed E-state index contributed by atoms with van der Waals surface area (Å²) in [6.45, 7) is 0. The van der Waals surface area contributed by atoms with Gasteiger partial charge >= 0.3 is 6.18 Å². The Bertz CT molecular complexity index is 473. The Hall–Kier alpha value is -1.79. The second-order valence-electron chi connectivity index (χ2n) is 5.07. The first-order valence-corrected chi connectivity index (χ1v) is 6.45. The molecule has 2 atom stereocenters. The van der Waals surface area contributed by atoms with Gasteiger partial charge in [-0.05, 0) is 31.4 Å². The molecule has 0 spiro atoms. The van der Waals surface area contributed by atoms with Crippen LogP contribution in [0.25, 0.3) is 0 Å². The smallest absolute Gasteiger partial charge is 0.391 e. The maximum Gasteiger partial charge on any atom is 0.391 e. The summed E-state index contributed by atoms with van der Waals surface area (Å²) in [5.41, 5.74) is 5.92. The molecule has 0 bridgehead atoms. The first kappa shape index (κ1) is 14.6. The Morgan fingerprint density at radius 1 is 1.35 bits per heavy atom. The zero-order valence-electron chi connectivity index (χ0n) is 10.8. The number of carbonyl (C=O) groups is 1. The van der Waals surface area contributed by atoms with Crippen molar-refractivity contribution in [3.05, 3.63) is 18.3 Å². The molecule has 1 aliphatic carbocycles. The zero-order chi connectivity index (χ0) is 14.8. The summed E-state index contributed by atoms with van der Waals surface area (Å²) in [4.78, 5) is 15.9. The summed E-state index contributed by atoms with van der Waals surface area (Å²) in [6, 6.07) is 3.10. The van der Waals surface area contributed by atoms with E-state index in [2.05, 4.69) is 10.3 Å². The molecule has 0 aromatic carbocycles. The van der Waals surface area contributed by atoms with Gasteiger partial charge in [0.1, 0.15) is 5.82 Å². The number of halogens is 3. The minimum absolute atomic E-state index is 0.105. The van der Waals surface area contributed by atoms with Gasteiger partial charge < -0.3 is 11.1 Å². The van der Waals surface area contributed by atoms with Crippen LogP contribution in [0.4, 0.5) is 24.7 Å². The van der Waals surface area contributed by atoms with E-state index >= 15 is 0 Å². The van der Waals surface area contributed by atoms with Crippen LogP contribution in [0.1, 0.15) is 25.7 Å². The van der Waals surface area contributed by atoms with Crippen LogP contribution < -0.4 is 11.1 Å². The maximum atomic E-state index is 12.7. The number of carbonyl (C=O) groups excluding carboxylic acids is 1. The van der Waals surface area contributed by atoms with Crippen molar-refractivity contribution < 1.29 is 18.0 Å². The number of hydrogen-bond acceptors (Lipinski definition) is 3. The average molecular weight is 287 g/mol. The largest absolute Gasteiger partial charge is 0.397 e. The third kappa shape index (κ3) is 3.61. The Kier molecular flexibility index (Phi) is 4.15. The number of pyridine rings is 1. The van der Waals surface area contributed by atoms with E-state index in [0.717, 1.165) is 0 Å². The number of rotatable bonds is 2. The van der Waals surface area contributed by atoms with Crippen molar-refractivity contribution in [3.63, 3.8) is 0 Å². The highest BCUT2D eigenvalue weighted by atomic mass is 19.4. The van der Waals surface area contributed by atoms with Gasteiger partial charge in [-0.15, -0.1) is 0 Å². The van der Waals surface area contributed by atoms with Gasteiger partial charge in [0.25, 0.3) is 0 Å². The second-order valence-corrected chi connectivity index (χ2v) is 5.07. The van der Waals surface area contributed by atoms with Gasteiger partial charge in [-0.3, -0.25) is 4.79 Å². The number of anilines is 2. The van der Waals surface area contributed by atoms with Crippen molar-refractivity contribution in [3.8, 4) is 0 Å². The lowest BCUT2D eigenvalue weighted by Crippen LogP contribution is -2.34. The van der Waals surface area contributed by atoms with E-state index in [0.29, 0.717) is 24.3 Å². The first-order chi connectivity index (χ1) is 9.36. The molecule has 1 aromatic rings. The Morgan fingerprint density at radius 2 is 2.10 bits per heavy atom. The standard InChI is InChI=1S/C13H16F3N3O/c14-13(15,16)9-3-1-2-8(6-9)12(20)19-11-5-4-10(17)7-18-11/h4-5,7-9H,1-3,6,17H2,(H,18,19,20). The SMILES string of the molecule is Nc1ccc(NC(=O)C2CCCC(C(F)(F)F)C2)nc1. The molecule has 3 N–H and O–H groups in total. The average Bonchev–Trinajstić information content (AvgIpc) is 2.40. The minimum atomic E-state index is -4.22. The molecular weight excluding hydrogens is 271 g/mol. The van der Waals surface area contributed by atoms with Gasteiger partial charge in [0, 0.05) is 5.92 Å². The fourth-order valence-corrected chi connectivity index (χ4v) is 2.43. The lowest BCUT2D eigenvalue weighted by atomic mass is 9.80. The lowest BCUT2D eigenvalue weighted by molar-refractivity contribution is -0.185. The molecule has 0 aliphatic heterocycles. The van der Waals surface area contributed by atoms with Gasteiger partial charge in [0.15, 0.2) is 0 Å². The van der Waals surface area contributed by atoms with Crippen LogP contribution in [0.2, 0.25) is 0 Å². The summed E-state index contributed by atoms with van der Waals surface area (Å²) < 4.78 is 38.1. The fraction of sp³-hybridized carbons (Fsp3) is 0.538. The molecule has 1 fully saturated rings. The van der Waals surface area contributed by atoms with E-state index in [1.807, 2.05) is 0 Å². The van der Waals surface area contributed by atoms with Gasteiger partial charge in [-0.25, -0.2) is 4.98 Å². The topological polar surface area (TPSA) is 68.0 Å². The van der Waals surface area contributed by atoms with Gasteiger partial charge in [-0.2, -0.15) is 13.2 Å². The van der Waals surface area contributed by atoms with Crippen molar-refractivity contribution in [2.45, 2.75) is 31.9 Å². The fourth-order valence-electron chi connectivity index (χ4n) is 2.43. The molecule has 4 nitrogen and oxygen atoms in total. The highest BCUT2D eigenvalue weighted by Crippen LogP contribution is 2.40. The van der Waals surface area contributed by atoms with Crippen LogP contribution in [-0.2, 0) is 4.79 Å². The Balaban J connectivity index is 1.97. The number of nitrogens with one attached hydrogen (secondary N) is 1. The number of aromatic nitrogens is 1. The van der Waals surface area contributed by atoms with Crippen molar-refractivity contribution in [1.29, 1.82) is 0 Å². The highest BCUT2D eigenvalue weighted by molar-refractivity contribution is 5.91. The summed E-state index contributed by atoms with van der Waals surface area (Å²) in [6.07, 6.45) is -1.99. The van der Waals surface area contributed by atoms with E-state index in [-0.39, 0.29) is 12.8 Å². The quantitative estimate of drug-likeness (QED) is 0.878. The summed E-state index contributed by atoms with van der Waals surface area (Å²) >= 11 is 0. The molecule has 20 heavy (non-hydrogen) atoms. The molecule has 1 aliphatic rings. The highest BCUT2D eigenvalue weighted by Gasteiger charge is 2.43. The third-order valence-electron chi connectivity index (χ3n) is 3.55. The van der Waals surface area contributed by atoms with Gasteiger partial charge in [0.2, 0.25) is 5.91 Å². The first-order valence-electron chi connectivity index (χ1n) is 6.45. The van der Waals surface area contributed by atoms with Crippen LogP contribution >= 0.6 is 0 Å². The molecule has 1 amide bonds.